The number of halogens is 3. The molecule has 4 heterocycles. The number of likely N-dealkylation sites (N-methyl/N-ethyl adjacent to an activating group) is 1. The first-order valence-corrected chi connectivity index (χ1v) is 16.0. The molecule has 2 unspecified atom stereocenters. The molecule has 3 aliphatic rings. The van der Waals surface area contributed by atoms with Gasteiger partial charge < -0.3 is 19.9 Å². The van der Waals surface area contributed by atoms with Gasteiger partial charge in [-0.1, -0.05) is 18.9 Å². The summed E-state index contributed by atoms with van der Waals surface area (Å²) in [5, 5.41) is 3.22. The molecular formula is C29H38F3N5O4S. The predicted octanol–water partition coefficient (Wildman–Crippen LogP) is 5.31. The van der Waals surface area contributed by atoms with E-state index in [1.807, 2.05) is 13.0 Å². The van der Waals surface area contributed by atoms with Crippen LogP contribution in [0.4, 0.5) is 36.1 Å². The average molecular weight is 610 g/mol. The quantitative estimate of drug-likeness (QED) is 0.475. The number of sulfonamides is 1. The molecule has 5 rings (SSSR count). The van der Waals surface area contributed by atoms with E-state index in [2.05, 4.69) is 15.2 Å². The van der Waals surface area contributed by atoms with E-state index in [1.165, 1.54) is 16.4 Å². The molecule has 42 heavy (non-hydrogen) atoms. The Labute approximate surface area is 245 Å². The maximum atomic E-state index is 13.6. The van der Waals surface area contributed by atoms with Crippen LogP contribution in [0, 0.1) is 5.92 Å². The monoisotopic (exact) mass is 609 g/mol. The van der Waals surface area contributed by atoms with Crippen LogP contribution in [-0.2, 0) is 19.6 Å². The van der Waals surface area contributed by atoms with Crippen molar-refractivity contribution in [3.63, 3.8) is 0 Å². The molecule has 0 radical (unpaired) electrons. The Hall–Kier alpha value is -2.90. The van der Waals surface area contributed by atoms with Crippen molar-refractivity contribution in [3.8, 4) is 0 Å². The largest absolute Gasteiger partial charge is 0.389 e. The summed E-state index contributed by atoms with van der Waals surface area (Å²) < 4.78 is 73.0. The predicted molar refractivity (Wildman–Crippen MR) is 155 cm³/mol. The molecule has 1 aromatic heterocycles. The number of aromatic nitrogens is 1. The van der Waals surface area contributed by atoms with Crippen molar-refractivity contribution in [1.82, 2.24) is 9.29 Å². The number of ether oxygens (including phenoxy) is 1. The van der Waals surface area contributed by atoms with Crippen LogP contribution >= 0.6 is 0 Å². The zero-order valence-electron chi connectivity index (χ0n) is 23.9. The minimum atomic E-state index is -4.26. The van der Waals surface area contributed by atoms with Gasteiger partial charge in [0.05, 0.1) is 22.5 Å². The first-order chi connectivity index (χ1) is 19.9. The number of benzene rings is 1. The van der Waals surface area contributed by atoms with Gasteiger partial charge in [0.15, 0.2) is 0 Å². The van der Waals surface area contributed by atoms with Gasteiger partial charge in [0.2, 0.25) is 15.9 Å². The molecule has 230 valence electrons. The van der Waals surface area contributed by atoms with Crippen molar-refractivity contribution in [3.05, 3.63) is 36.5 Å². The molecule has 0 spiro atoms. The van der Waals surface area contributed by atoms with E-state index >= 15 is 0 Å². The standard InChI is InChI=1S/C29H38F3N5O4S/c1-20-28(38)35(2)26-19-33-27(17-25(26)37(20)23-10-14-41-15-11-23)34-22-7-5-8-24(16-22)42(39,40)36-12-4-3-6-21(9-13-36)18-29(30,31)32/h5,7-8,16-17,19-21,23H,3-4,6,9-15,18H2,1-2H3,(H,33,34). The highest BCUT2D eigenvalue weighted by molar-refractivity contribution is 7.89. The van der Waals surface area contributed by atoms with Crippen LogP contribution < -0.4 is 15.1 Å². The van der Waals surface area contributed by atoms with Crippen molar-refractivity contribution >= 4 is 38.8 Å². The third-order valence-corrected chi connectivity index (χ3v) is 10.4. The molecule has 1 amide bonds. The van der Waals surface area contributed by atoms with Gasteiger partial charge in [-0.2, -0.15) is 17.5 Å². The highest BCUT2D eigenvalue weighted by Gasteiger charge is 2.38. The van der Waals surface area contributed by atoms with Crippen molar-refractivity contribution in [2.45, 2.75) is 75.0 Å². The molecule has 0 aliphatic carbocycles. The number of carbonyl (C=O) groups excluding carboxylic acids is 1. The fourth-order valence-electron chi connectivity index (χ4n) is 6.28. The summed E-state index contributed by atoms with van der Waals surface area (Å²) in [5.41, 5.74) is 2.08. The first kappa shape index (κ1) is 30.6. The molecule has 13 heteroatoms. The maximum absolute atomic E-state index is 13.6. The SMILES string of the molecule is CC1C(=O)N(C)c2cnc(Nc3cccc(S(=O)(=O)N4CCCCC(CC(F)(F)F)CC4)c3)cc2N1C1CCOCC1. The van der Waals surface area contributed by atoms with Gasteiger partial charge in [0, 0.05) is 57.6 Å². The topological polar surface area (TPSA) is 95.1 Å². The van der Waals surface area contributed by atoms with Gasteiger partial charge in [0.1, 0.15) is 11.9 Å². The summed E-state index contributed by atoms with van der Waals surface area (Å²) in [7, 11) is -2.18. The average Bonchev–Trinajstić information content (AvgIpc) is 2.93. The number of rotatable bonds is 6. The summed E-state index contributed by atoms with van der Waals surface area (Å²) in [6, 6.07) is 8.06. The van der Waals surface area contributed by atoms with E-state index in [0.717, 1.165) is 18.5 Å². The minimum Gasteiger partial charge on any atom is -0.381 e. The van der Waals surface area contributed by atoms with Gasteiger partial charge in [-0.3, -0.25) is 4.79 Å². The molecule has 0 saturated carbocycles. The third kappa shape index (κ3) is 6.68. The Bertz CT molecular complexity index is 1380. The highest BCUT2D eigenvalue weighted by Crippen LogP contribution is 2.40. The Morgan fingerprint density at radius 3 is 2.55 bits per heavy atom. The zero-order valence-corrected chi connectivity index (χ0v) is 24.8. The van der Waals surface area contributed by atoms with Crippen molar-refractivity contribution in [2.24, 2.45) is 5.92 Å². The normalized spacial score (nSPS) is 23.3. The Kier molecular flexibility index (Phi) is 9.00. The molecule has 2 aromatic rings. The van der Waals surface area contributed by atoms with Crippen molar-refractivity contribution < 1.29 is 31.1 Å². The lowest BCUT2D eigenvalue weighted by Crippen LogP contribution is -2.55. The van der Waals surface area contributed by atoms with E-state index < -0.39 is 28.5 Å². The lowest BCUT2D eigenvalue weighted by Gasteiger charge is -2.45. The number of pyridine rings is 1. The molecule has 1 aromatic carbocycles. The van der Waals surface area contributed by atoms with E-state index in [0.29, 0.717) is 49.7 Å². The lowest BCUT2D eigenvalue weighted by molar-refractivity contribution is -0.145. The second-order valence-corrected chi connectivity index (χ2v) is 13.3. The number of amides is 1. The van der Waals surface area contributed by atoms with E-state index in [9.17, 15) is 26.4 Å². The van der Waals surface area contributed by atoms with Crippen LogP contribution in [-0.4, -0.2) is 75.2 Å². The Morgan fingerprint density at radius 2 is 1.81 bits per heavy atom. The smallest absolute Gasteiger partial charge is 0.381 e. The van der Waals surface area contributed by atoms with Crippen LogP contribution in [0.25, 0.3) is 0 Å². The van der Waals surface area contributed by atoms with E-state index in [4.69, 9.17) is 4.74 Å². The number of hydrogen-bond acceptors (Lipinski definition) is 7. The van der Waals surface area contributed by atoms with Crippen LogP contribution in [0.5, 0.6) is 0 Å². The summed E-state index contributed by atoms with van der Waals surface area (Å²) in [6.45, 7) is 3.49. The molecule has 9 nitrogen and oxygen atoms in total. The fourth-order valence-corrected chi connectivity index (χ4v) is 7.82. The molecule has 2 saturated heterocycles. The molecule has 0 bridgehead atoms. The number of alkyl halides is 3. The number of hydrogen-bond donors (Lipinski definition) is 1. The van der Waals surface area contributed by atoms with Crippen LogP contribution in [0.3, 0.4) is 0 Å². The third-order valence-electron chi connectivity index (χ3n) is 8.51. The van der Waals surface area contributed by atoms with E-state index in [-0.39, 0.29) is 42.4 Å². The summed E-state index contributed by atoms with van der Waals surface area (Å²) in [6.07, 6.45) is -0.188. The van der Waals surface area contributed by atoms with Crippen LogP contribution in [0.2, 0.25) is 0 Å². The molecule has 2 atom stereocenters. The van der Waals surface area contributed by atoms with Crippen molar-refractivity contribution in [2.75, 3.05) is 48.5 Å². The summed E-state index contributed by atoms with van der Waals surface area (Å²) in [4.78, 5) is 21.3. The van der Waals surface area contributed by atoms with Gasteiger partial charge in [0.25, 0.3) is 0 Å². The highest BCUT2D eigenvalue weighted by atomic mass is 32.2. The molecule has 1 N–H and O–H groups in total. The van der Waals surface area contributed by atoms with Gasteiger partial charge in [-0.05, 0) is 56.7 Å². The first-order valence-electron chi connectivity index (χ1n) is 14.5. The van der Waals surface area contributed by atoms with Gasteiger partial charge >= 0.3 is 6.18 Å². The number of fused-ring (bicyclic) bond motifs is 1. The Balaban J connectivity index is 1.36. The second kappa shape index (κ2) is 12.4. The van der Waals surface area contributed by atoms with Crippen molar-refractivity contribution in [1.29, 1.82) is 0 Å². The number of anilines is 4. The number of nitrogens with one attached hydrogen (secondary N) is 1. The molecule has 3 aliphatic heterocycles. The Morgan fingerprint density at radius 1 is 1.05 bits per heavy atom. The van der Waals surface area contributed by atoms with Crippen LogP contribution in [0.15, 0.2) is 41.4 Å². The summed E-state index contributed by atoms with van der Waals surface area (Å²) >= 11 is 0. The lowest BCUT2D eigenvalue weighted by atomic mass is 9.93. The number of nitrogens with zero attached hydrogens (tertiary/aromatic N) is 4. The van der Waals surface area contributed by atoms with Gasteiger partial charge in [-0.15, -0.1) is 0 Å². The molecular weight excluding hydrogens is 571 g/mol. The van der Waals surface area contributed by atoms with Crippen LogP contribution in [0.1, 0.15) is 51.9 Å². The molecule has 2 fully saturated rings. The fraction of sp³-hybridized carbons (Fsp3) is 0.586. The summed E-state index contributed by atoms with van der Waals surface area (Å²) in [5.74, 6) is -0.0937. The maximum Gasteiger partial charge on any atom is 0.389 e. The number of carbonyl (C=O) groups is 1. The second-order valence-electron chi connectivity index (χ2n) is 11.4. The van der Waals surface area contributed by atoms with Gasteiger partial charge in [-0.25, -0.2) is 13.4 Å². The van der Waals surface area contributed by atoms with E-state index in [1.54, 1.807) is 30.3 Å². The zero-order chi connectivity index (χ0) is 30.1. The minimum absolute atomic E-state index is 0.0108.